The maximum absolute atomic E-state index is 11.3. The Morgan fingerprint density at radius 3 is 2.21 bits per heavy atom. The van der Waals surface area contributed by atoms with E-state index in [-0.39, 0.29) is 11.5 Å². The molecule has 14 heavy (non-hydrogen) atoms. The first-order valence-electron chi connectivity index (χ1n) is 3.78. The van der Waals surface area contributed by atoms with E-state index in [0.29, 0.717) is 0 Å². The highest BCUT2D eigenvalue weighted by Gasteiger charge is 2.22. The average molecular weight is 223 g/mol. The van der Waals surface area contributed by atoms with Crippen molar-refractivity contribution < 1.29 is 22.9 Å². The molecule has 6 nitrogen and oxygen atoms in total. The van der Waals surface area contributed by atoms with Crippen LogP contribution in [0.15, 0.2) is 11.8 Å². The molecule has 0 radical (unpaired) electrons. The van der Waals surface area contributed by atoms with Crippen molar-refractivity contribution in [3.63, 3.8) is 0 Å². The Balaban J connectivity index is 4.41. The summed E-state index contributed by atoms with van der Waals surface area (Å²) >= 11 is 0. The van der Waals surface area contributed by atoms with Gasteiger partial charge in [0.05, 0.1) is 0 Å². The number of hydrogen-bond donors (Lipinski definition) is 1. The van der Waals surface area contributed by atoms with Crippen LogP contribution in [0.25, 0.3) is 0 Å². The van der Waals surface area contributed by atoms with Gasteiger partial charge in [-0.25, -0.2) is 4.57 Å². The van der Waals surface area contributed by atoms with Crippen molar-refractivity contribution in [2.24, 2.45) is 0 Å². The fourth-order valence-electron chi connectivity index (χ4n) is 0.555. The first-order chi connectivity index (χ1) is 6.49. The molecule has 0 aliphatic heterocycles. The third kappa shape index (κ3) is 3.91. The molecule has 1 amide bonds. The summed E-state index contributed by atoms with van der Waals surface area (Å²) in [6.07, 6.45) is 1.03. The molecule has 0 rings (SSSR count). The summed E-state index contributed by atoms with van der Waals surface area (Å²) in [7, 11) is 0.312. The van der Waals surface area contributed by atoms with Crippen molar-refractivity contribution >= 4 is 13.7 Å². The fraction of sp³-hybridized carbons (Fsp3) is 0.571. The molecule has 0 spiro atoms. The van der Waals surface area contributed by atoms with Crippen LogP contribution in [-0.4, -0.2) is 27.2 Å². The van der Waals surface area contributed by atoms with Crippen molar-refractivity contribution in [2.75, 3.05) is 21.3 Å². The van der Waals surface area contributed by atoms with Crippen LogP contribution in [0.2, 0.25) is 0 Å². The summed E-state index contributed by atoms with van der Waals surface area (Å²) in [6.45, 7) is 1.51. The lowest BCUT2D eigenvalue weighted by molar-refractivity contribution is -0.117. The minimum absolute atomic E-state index is 0.266. The minimum Gasteiger partial charge on any atom is -0.411 e. The van der Waals surface area contributed by atoms with Crippen LogP contribution in [0, 0.1) is 0 Å². The summed E-state index contributed by atoms with van der Waals surface area (Å²) in [5, 5.41) is 2.38. The molecule has 0 aromatic heterocycles. The van der Waals surface area contributed by atoms with Crippen LogP contribution in [0.4, 0.5) is 0 Å². The number of hydrogen-bond acceptors (Lipinski definition) is 5. The summed E-state index contributed by atoms with van der Waals surface area (Å²) in [5.41, 5.74) is 0.266. The van der Waals surface area contributed by atoms with Crippen LogP contribution in [-0.2, 0) is 22.9 Å². The van der Waals surface area contributed by atoms with Crippen LogP contribution in [0.1, 0.15) is 6.92 Å². The lowest BCUT2D eigenvalue weighted by Crippen LogP contribution is -2.18. The maximum atomic E-state index is 11.3. The van der Waals surface area contributed by atoms with Crippen LogP contribution >= 0.6 is 7.82 Å². The SMILES string of the molecule is CNC(=O)C(C)=COP(=O)(OC)OC. The van der Waals surface area contributed by atoms with Crippen molar-refractivity contribution in [3.8, 4) is 0 Å². The Bertz CT molecular complexity index is 267. The number of likely N-dealkylation sites (N-methyl/N-ethyl adjacent to an activating group) is 1. The zero-order valence-electron chi connectivity index (χ0n) is 8.57. The van der Waals surface area contributed by atoms with Crippen molar-refractivity contribution in [1.82, 2.24) is 5.32 Å². The van der Waals surface area contributed by atoms with E-state index >= 15 is 0 Å². The Kier molecular flexibility index (Phi) is 5.45. The minimum atomic E-state index is -3.54. The number of carbonyl (C=O) groups excluding carboxylic acids is 1. The highest BCUT2D eigenvalue weighted by atomic mass is 31.2. The second-order valence-electron chi connectivity index (χ2n) is 2.30. The molecule has 0 bridgehead atoms. The van der Waals surface area contributed by atoms with Gasteiger partial charge in [-0.2, -0.15) is 0 Å². The van der Waals surface area contributed by atoms with Gasteiger partial charge >= 0.3 is 7.82 Å². The van der Waals surface area contributed by atoms with Gasteiger partial charge in [0, 0.05) is 26.8 Å². The maximum Gasteiger partial charge on any atom is 0.528 e. The quantitative estimate of drug-likeness (QED) is 0.428. The molecule has 0 aliphatic carbocycles. The summed E-state index contributed by atoms with van der Waals surface area (Å²) in [5.74, 6) is -0.330. The molecule has 0 aliphatic rings. The first kappa shape index (κ1) is 13.2. The monoisotopic (exact) mass is 223 g/mol. The van der Waals surface area contributed by atoms with E-state index in [1.165, 1.54) is 28.2 Å². The van der Waals surface area contributed by atoms with Gasteiger partial charge in [-0.3, -0.25) is 13.8 Å². The van der Waals surface area contributed by atoms with Crippen LogP contribution in [0.3, 0.4) is 0 Å². The highest BCUT2D eigenvalue weighted by Crippen LogP contribution is 2.47. The lowest BCUT2D eigenvalue weighted by atomic mass is 10.3. The van der Waals surface area contributed by atoms with Gasteiger partial charge < -0.3 is 9.84 Å². The Hall–Kier alpha value is -0.840. The number of rotatable bonds is 5. The van der Waals surface area contributed by atoms with Crippen molar-refractivity contribution in [2.45, 2.75) is 6.92 Å². The summed E-state index contributed by atoms with van der Waals surface area (Å²) in [6, 6.07) is 0. The summed E-state index contributed by atoms with van der Waals surface area (Å²) < 4.78 is 25.0. The number of phosphoric acid groups is 1. The second-order valence-corrected chi connectivity index (χ2v) is 4.13. The van der Waals surface area contributed by atoms with Gasteiger partial charge in [0.15, 0.2) is 0 Å². The van der Waals surface area contributed by atoms with Gasteiger partial charge in [-0.1, -0.05) is 0 Å². The standard InChI is InChI=1S/C7H14NO5P/c1-6(7(9)8-2)5-13-14(10,11-3)12-4/h5H,1-4H3,(H,8,9). The molecule has 0 atom stereocenters. The fourth-order valence-corrected chi connectivity index (χ4v) is 1.16. The molecule has 0 saturated carbocycles. The molecule has 0 heterocycles. The molecule has 0 saturated heterocycles. The van der Waals surface area contributed by atoms with Gasteiger partial charge in [-0.05, 0) is 6.92 Å². The van der Waals surface area contributed by atoms with Gasteiger partial charge in [0.2, 0.25) is 5.91 Å². The van der Waals surface area contributed by atoms with E-state index < -0.39 is 7.82 Å². The predicted octanol–water partition coefficient (Wildman–Crippen LogP) is 1.05. The van der Waals surface area contributed by atoms with Gasteiger partial charge in [0.1, 0.15) is 6.26 Å². The highest BCUT2D eigenvalue weighted by molar-refractivity contribution is 7.48. The third-order valence-electron chi connectivity index (χ3n) is 1.39. The topological polar surface area (TPSA) is 73.9 Å². The Labute approximate surface area is 82.8 Å². The predicted molar refractivity (Wildman–Crippen MR) is 50.5 cm³/mol. The number of nitrogens with one attached hydrogen (secondary N) is 1. The zero-order valence-corrected chi connectivity index (χ0v) is 9.46. The van der Waals surface area contributed by atoms with Crippen LogP contribution in [0.5, 0.6) is 0 Å². The smallest absolute Gasteiger partial charge is 0.411 e. The van der Waals surface area contributed by atoms with E-state index in [2.05, 4.69) is 14.4 Å². The molecule has 0 aromatic rings. The summed E-state index contributed by atoms with van der Waals surface area (Å²) in [4.78, 5) is 11.0. The molecule has 0 unspecified atom stereocenters. The second kappa shape index (κ2) is 5.80. The normalized spacial score (nSPS) is 12.4. The molecular weight excluding hydrogens is 209 g/mol. The van der Waals surface area contributed by atoms with E-state index in [0.717, 1.165) is 6.26 Å². The largest absolute Gasteiger partial charge is 0.528 e. The van der Waals surface area contributed by atoms with Crippen molar-refractivity contribution in [1.29, 1.82) is 0 Å². The van der Waals surface area contributed by atoms with Crippen molar-refractivity contribution in [3.05, 3.63) is 11.8 Å². The lowest BCUT2D eigenvalue weighted by Gasteiger charge is -2.11. The molecule has 7 heteroatoms. The molecular formula is C7H14NO5P. The van der Waals surface area contributed by atoms with Gasteiger partial charge in [0.25, 0.3) is 0 Å². The van der Waals surface area contributed by atoms with Gasteiger partial charge in [-0.15, -0.1) is 0 Å². The molecule has 0 fully saturated rings. The van der Waals surface area contributed by atoms with Crippen LogP contribution < -0.4 is 5.32 Å². The first-order valence-corrected chi connectivity index (χ1v) is 5.24. The van der Waals surface area contributed by atoms with E-state index in [1.807, 2.05) is 0 Å². The number of amides is 1. The third-order valence-corrected chi connectivity index (χ3v) is 2.65. The van der Waals surface area contributed by atoms with E-state index in [4.69, 9.17) is 4.52 Å². The number of phosphoric ester groups is 1. The number of carbonyl (C=O) groups is 1. The average Bonchev–Trinajstić information content (AvgIpc) is 2.24. The Morgan fingerprint density at radius 2 is 1.86 bits per heavy atom. The molecule has 82 valence electrons. The molecule has 0 aromatic carbocycles. The molecule has 1 N–H and O–H groups in total. The Morgan fingerprint density at radius 1 is 1.36 bits per heavy atom. The zero-order chi connectivity index (χ0) is 11.2. The van der Waals surface area contributed by atoms with E-state index in [9.17, 15) is 9.36 Å². The van der Waals surface area contributed by atoms with E-state index in [1.54, 1.807) is 0 Å².